The smallest absolute Gasteiger partial charge is 0.320 e. The molecule has 0 rings (SSSR count). The van der Waals surface area contributed by atoms with Crippen LogP contribution in [0, 0.1) is 0 Å². The van der Waals surface area contributed by atoms with Gasteiger partial charge in [-0.2, -0.15) is 5.54 Å². The minimum Gasteiger partial charge on any atom is -0.480 e. The Hall–Kier alpha value is -1.37. The van der Waals surface area contributed by atoms with Gasteiger partial charge in [-0.3, -0.25) is 9.79 Å². The third-order valence-electron chi connectivity index (χ3n) is 1.37. The van der Waals surface area contributed by atoms with Gasteiger partial charge < -0.3 is 16.6 Å². The summed E-state index contributed by atoms with van der Waals surface area (Å²) in [6.45, 7) is 0.254. The Morgan fingerprint density at radius 1 is 1.69 bits per heavy atom. The Morgan fingerprint density at radius 3 is 2.77 bits per heavy atom. The van der Waals surface area contributed by atoms with E-state index in [2.05, 4.69) is 4.99 Å². The van der Waals surface area contributed by atoms with Crippen molar-refractivity contribution >= 4 is 11.9 Å². The van der Waals surface area contributed by atoms with E-state index in [4.69, 9.17) is 16.6 Å². The Balaban J connectivity index is 3.51. The fourth-order valence-electron chi connectivity index (χ4n) is 0.664. The van der Waals surface area contributed by atoms with Gasteiger partial charge in [0.05, 0.1) is 0 Å². The highest BCUT2D eigenvalue weighted by atomic mass is 19.2. The highest BCUT2D eigenvalue weighted by Gasteiger charge is 2.09. The second-order valence-corrected chi connectivity index (χ2v) is 2.45. The quantitative estimate of drug-likeness (QED) is 0.192. The van der Waals surface area contributed by atoms with Crippen LogP contribution in [0.1, 0.15) is 12.8 Å². The molecule has 0 saturated heterocycles. The molecule has 13 heavy (non-hydrogen) atoms. The predicted molar refractivity (Wildman–Crippen MR) is 45.6 cm³/mol. The number of nitrogens with zero attached hydrogens (tertiary/aromatic N) is 1. The molecule has 0 aromatic carbocycles. The molecule has 7 heteroatoms. The van der Waals surface area contributed by atoms with E-state index in [0.717, 1.165) is 5.54 Å². The summed E-state index contributed by atoms with van der Waals surface area (Å²) in [4.78, 5) is 13.8. The maximum atomic E-state index is 11.5. The van der Waals surface area contributed by atoms with Gasteiger partial charge in [0.1, 0.15) is 6.04 Å². The van der Waals surface area contributed by atoms with Gasteiger partial charge in [0.25, 0.3) is 0 Å². The SMILES string of the molecule is NC(=NCCC[C@H](N)C(=O)O)NF. The average molecular weight is 192 g/mol. The molecule has 6 nitrogen and oxygen atoms in total. The van der Waals surface area contributed by atoms with Crippen molar-refractivity contribution in [2.45, 2.75) is 18.9 Å². The molecule has 0 unspecified atom stereocenters. The lowest BCUT2D eigenvalue weighted by Gasteiger charge is -2.03. The number of rotatable bonds is 5. The van der Waals surface area contributed by atoms with Gasteiger partial charge in [-0.05, 0) is 12.8 Å². The fraction of sp³-hybridized carbons (Fsp3) is 0.667. The lowest BCUT2D eigenvalue weighted by molar-refractivity contribution is -0.138. The number of carboxylic acid groups (broad SMARTS) is 1. The highest BCUT2D eigenvalue weighted by Crippen LogP contribution is 1.94. The minimum atomic E-state index is -1.06. The van der Waals surface area contributed by atoms with E-state index in [1.807, 2.05) is 0 Å². The van der Waals surface area contributed by atoms with Crippen LogP contribution in [0.25, 0.3) is 0 Å². The van der Waals surface area contributed by atoms with Crippen LogP contribution in [-0.2, 0) is 4.79 Å². The van der Waals surface area contributed by atoms with Crippen LogP contribution in [0.2, 0.25) is 0 Å². The topological polar surface area (TPSA) is 114 Å². The van der Waals surface area contributed by atoms with E-state index in [-0.39, 0.29) is 12.5 Å². The maximum absolute atomic E-state index is 11.5. The number of guanidine groups is 1. The Morgan fingerprint density at radius 2 is 2.31 bits per heavy atom. The number of carbonyl (C=O) groups is 1. The van der Waals surface area contributed by atoms with Crippen molar-refractivity contribution in [3.8, 4) is 0 Å². The van der Waals surface area contributed by atoms with Crippen molar-refractivity contribution in [2.24, 2.45) is 16.5 Å². The number of halogens is 1. The Bertz CT molecular complexity index is 197. The molecule has 0 heterocycles. The van der Waals surface area contributed by atoms with Gasteiger partial charge in [0.2, 0.25) is 5.96 Å². The van der Waals surface area contributed by atoms with E-state index in [9.17, 15) is 9.28 Å². The van der Waals surface area contributed by atoms with Crippen molar-refractivity contribution in [1.29, 1.82) is 0 Å². The standard InChI is InChI=1S/C6H13FN4O2/c7-11-6(9)10-3-1-2-4(8)5(12)13/h4H,1-3,8H2,(H,12,13)(H3,9,10,11)/t4-/m0/s1. The molecular formula is C6H13FN4O2. The summed E-state index contributed by atoms with van der Waals surface area (Å²) in [7, 11) is 0. The molecule has 0 fully saturated rings. The van der Waals surface area contributed by atoms with Crippen molar-refractivity contribution in [3.05, 3.63) is 0 Å². The predicted octanol–water partition coefficient (Wildman–Crippen LogP) is -1.03. The molecule has 0 aliphatic heterocycles. The summed E-state index contributed by atoms with van der Waals surface area (Å²) in [5, 5.41) is 8.38. The van der Waals surface area contributed by atoms with E-state index in [1.165, 1.54) is 0 Å². The second-order valence-electron chi connectivity index (χ2n) is 2.45. The average Bonchev–Trinajstić information content (AvgIpc) is 2.11. The number of hydrogen-bond acceptors (Lipinski definition) is 3. The molecule has 0 radical (unpaired) electrons. The Labute approximate surface area is 74.7 Å². The highest BCUT2D eigenvalue weighted by molar-refractivity contribution is 5.76. The van der Waals surface area contributed by atoms with Crippen LogP contribution in [-0.4, -0.2) is 29.6 Å². The number of hydrogen-bond donors (Lipinski definition) is 4. The summed E-state index contributed by atoms with van der Waals surface area (Å²) >= 11 is 0. The van der Waals surface area contributed by atoms with Gasteiger partial charge in [-0.25, -0.2) is 0 Å². The van der Waals surface area contributed by atoms with Gasteiger partial charge in [0.15, 0.2) is 0 Å². The van der Waals surface area contributed by atoms with Crippen LogP contribution in [0.4, 0.5) is 4.48 Å². The molecule has 1 atom stereocenters. The number of aliphatic carboxylic acids is 1. The van der Waals surface area contributed by atoms with E-state index in [0.29, 0.717) is 12.8 Å². The molecule has 0 aliphatic carbocycles. The normalized spacial score (nSPS) is 13.8. The maximum Gasteiger partial charge on any atom is 0.320 e. The molecule has 0 aliphatic rings. The summed E-state index contributed by atoms with van der Waals surface area (Å²) in [6.07, 6.45) is 0.744. The van der Waals surface area contributed by atoms with Crippen molar-refractivity contribution < 1.29 is 14.4 Å². The van der Waals surface area contributed by atoms with Crippen LogP contribution < -0.4 is 17.0 Å². The van der Waals surface area contributed by atoms with Crippen molar-refractivity contribution in [1.82, 2.24) is 5.54 Å². The monoisotopic (exact) mass is 192 g/mol. The van der Waals surface area contributed by atoms with Crippen LogP contribution in [0.5, 0.6) is 0 Å². The number of nitrogens with two attached hydrogens (primary N) is 2. The van der Waals surface area contributed by atoms with Crippen LogP contribution >= 0.6 is 0 Å². The summed E-state index contributed by atoms with van der Waals surface area (Å²) in [5.74, 6) is -1.37. The number of carboxylic acids is 1. The summed E-state index contributed by atoms with van der Waals surface area (Å²) in [6, 6.07) is -0.894. The van der Waals surface area contributed by atoms with Crippen LogP contribution in [0.3, 0.4) is 0 Å². The molecule has 0 aromatic rings. The first-order valence-electron chi connectivity index (χ1n) is 3.73. The molecule has 0 amide bonds. The molecule has 0 spiro atoms. The first-order chi connectivity index (χ1) is 6.07. The molecule has 6 N–H and O–H groups in total. The van der Waals surface area contributed by atoms with Crippen molar-refractivity contribution in [3.63, 3.8) is 0 Å². The summed E-state index contributed by atoms with van der Waals surface area (Å²) < 4.78 is 11.5. The number of aliphatic imine (C=N–C) groups is 1. The van der Waals surface area contributed by atoms with Gasteiger partial charge >= 0.3 is 5.97 Å². The van der Waals surface area contributed by atoms with Crippen LogP contribution in [0.15, 0.2) is 4.99 Å². The van der Waals surface area contributed by atoms with E-state index < -0.39 is 12.0 Å². The van der Waals surface area contributed by atoms with E-state index in [1.54, 1.807) is 0 Å². The third-order valence-corrected chi connectivity index (χ3v) is 1.37. The lowest BCUT2D eigenvalue weighted by Crippen LogP contribution is -2.30. The zero-order chi connectivity index (χ0) is 10.3. The largest absolute Gasteiger partial charge is 0.480 e. The lowest BCUT2D eigenvalue weighted by atomic mass is 10.2. The van der Waals surface area contributed by atoms with Crippen molar-refractivity contribution in [2.75, 3.05) is 6.54 Å². The summed E-state index contributed by atoms with van der Waals surface area (Å²) in [5.41, 5.74) is 11.3. The van der Waals surface area contributed by atoms with Gasteiger partial charge in [0, 0.05) is 6.54 Å². The molecular weight excluding hydrogens is 179 g/mol. The zero-order valence-electron chi connectivity index (χ0n) is 7.03. The second kappa shape index (κ2) is 6.18. The zero-order valence-corrected chi connectivity index (χ0v) is 7.03. The van der Waals surface area contributed by atoms with E-state index >= 15 is 0 Å². The third kappa shape index (κ3) is 5.85. The fourth-order valence-corrected chi connectivity index (χ4v) is 0.664. The molecule has 0 bridgehead atoms. The minimum absolute atomic E-state index is 0.254. The van der Waals surface area contributed by atoms with Gasteiger partial charge in [-0.1, -0.05) is 0 Å². The first kappa shape index (κ1) is 11.6. The molecule has 0 aromatic heterocycles. The molecule has 0 saturated carbocycles. The first-order valence-corrected chi connectivity index (χ1v) is 3.73. The van der Waals surface area contributed by atoms with Gasteiger partial charge in [-0.15, -0.1) is 4.48 Å². The molecule has 76 valence electrons. The number of nitrogens with one attached hydrogen (secondary N) is 1. The Kier molecular flexibility index (Phi) is 5.53.